The van der Waals surface area contributed by atoms with Crippen molar-refractivity contribution in [3.05, 3.63) is 35.4 Å². The van der Waals surface area contributed by atoms with Gasteiger partial charge in [0.2, 0.25) is 11.8 Å². The maximum Gasteiger partial charge on any atom is 0.245 e. The molecule has 1 saturated heterocycles. The summed E-state index contributed by atoms with van der Waals surface area (Å²) < 4.78 is 0. The summed E-state index contributed by atoms with van der Waals surface area (Å²) in [6, 6.07) is 8.69. The molecule has 1 aromatic carbocycles. The lowest BCUT2D eigenvalue weighted by molar-refractivity contribution is -0.141. The third-order valence-electron chi connectivity index (χ3n) is 6.15. The SMILES string of the molecule is Cc1ccc(CCN2C(=O)CC[C@@]2(C)C(=O)NC2CCCCCC2)cc1. The maximum atomic E-state index is 13.1. The topological polar surface area (TPSA) is 49.4 Å². The van der Waals surface area contributed by atoms with Crippen molar-refractivity contribution in [3.8, 4) is 0 Å². The molecule has 0 unspecified atom stereocenters. The fourth-order valence-corrected chi connectivity index (χ4v) is 4.26. The van der Waals surface area contributed by atoms with Crippen LogP contribution in [0.15, 0.2) is 24.3 Å². The van der Waals surface area contributed by atoms with Crippen molar-refractivity contribution >= 4 is 11.8 Å². The highest BCUT2D eigenvalue weighted by molar-refractivity contribution is 5.94. The van der Waals surface area contributed by atoms with Crippen LogP contribution in [0.2, 0.25) is 0 Å². The lowest BCUT2D eigenvalue weighted by Crippen LogP contribution is -2.56. The lowest BCUT2D eigenvalue weighted by Gasteiger charge is -2.35. The summed E-state index contributed by atoms with van der Waals surface area (Å²) in [5.41, 5.74) is 1.74. The Morgan fingerprint density at radius 1 is 1.15 bits per heavy atom. The molecule has 1 aliphatic carbocycles. The second-order valence-electron chi connectivity index (χ2n) is 8.22. The van der Waals surface area contributed by atoms with E-state index in [1.807, 2.05) is 11.8 Å². The third-order valence-corrected chi connectivity index (χ3v) is 6.15. The van der Waals surface area contributed by atoms with Gasteiger partial charge in [-0.25, -0.2) is 0 Å². The molecule has 0 aromatic heterocycles. The van der Waals surface area contributed by atoms with Gasteiger partial charge in [0.25, 0.3) is 0 Å². The number of rotatable bonds is 5. The molecular weight excluding hydrogens is 324 g/mol. The highest BCUT2D eigenvalue weighted by atomic mass is 16.2. The summed E-state index contributed by atoms with van der Waals surface area (Å²) in [5, 5.41) is 3.26. The maximum absolute atomic E-state index is 13.1. The normalized spacial score (nSPS) is 24.5. The predicted molar refractivity (Wildman–Crippen MR) is 104 cm³/mol. The molecule has 3 rings (SSSR count). The summed E-state index contributed by atoms with van der Waals surface area (Å²) in [5.74, 6) is 0.148. The molecule has 0 spiro atoms. The molecule has 0 bridgehead atoms. The summed E-state index contributed by atoms with van der Waals surface area (Å²) in [6.45, 7) is 4.62. The third kappa shape index (κ3) is 4.28. The Balaban J connectivity index is 1.64. The highest BCUT2D eigenvalue weighted by Crippen LogP contribution is 2.31. The summed E-state index contributed by atoms with van der Waals surface area (Å²) in [4.78, 5) is 27.3. The second kappa shape index (κ2) is 8.24. The zero-order valence-corrected chi connectivity index (χ0v) is 16.2. The standard InChI is InChI=1S/C22H32N2O2/c1-17-9-11-18(12-10-17)14-16-24-20(25)13-15-22(24,2)21(26)23-19-7-5-3-4-6-8-19/h9-12,19H,3-8,13-16H2,1-2H3,(H,23,26)/t22-/m0/s1. The minimum absolute atomic E-state index is 0.0409. The van der Waals surface area contributed by atoms with Gasteiger partial charge < -0.3 is 10.2 Å². The zero-order chi connectivity index (χ0) is 18.6. The number of carbonyl (C=O) groups is 2. The van der Waals surface area contributed by atoms with Gasteiger partial charge in [0.05, 0.1) is 0 Å². The Bertz CT molecular complexity index is 632. The molecule has 142 valence electrons. The van der Waals surface area contributed by atoms with Crippen LogP contribution in [-0.2, 0) is 16.0 Å². The predicted octanol–water partition coefficient (Wildman–Crippen LogP) is 3.76. The summed E-state index contributed by atoms with van der Waals surface area (Å²) in [6.07, 6.45) is 8.95. The largest absolute Gasteiger partial charge is 0.351 e. The first-order valence-corrected chi connectivity index (χ1v) is 10.2. The van der Waals surface area contributed by atoms with Crippen LogP contribution in [0, 0.1) is 6.92 Å². The number of hydrogen-bond acceptors (Lipinski definition) is 2. The lowest BCUT2D eigenvalue weighted by atomic mass is 9.95. The van der Waals surface area contributed by atoms with Gasteiger partial charge in [-0.3, -0.25) is 9.59 Å². The van der Waals surface area contributed by atoms with E-state index in [9.17, 15) is 9.59 Å². The van der Waals surface area contributed by atoms with E-state index >= 15 is 0 Å². The van der Waals surface area contributed by atoms with E-state index in [0.29, 0.717) is 19.4 Å². The van der Waals surface area contributed by atoms with Crippen molar-refractivity contribution in [3.63, 3.8) is 0 Å². The van der Waals surface area contributed by atoms with Crippen LogP contribution < -0.4 is 5.32 Å². The highest BCUT2D eigenvalue weighted by Gasteiger charge is 2.47. The molecule has 1 aliphatic heterocycles. The van der Waals surface area contributed by atoms with E-state index in [4.69, 9.17) is 0 Å². The van der Waals surface area contributed by atoms with Gasteiger partial charge in [0.15, 0.2) is 0 Å². The van der Waals surface area contributed by atoms with Crippen LogP contribution in [0.5, 0.6) is 0 Å². The molecule has 1 aromatic rings. The molecule has 2 aliphatic rings. The zero-order valence-electron chi connectivity index (χ0n) is 16.2. The van der Waals surface area contributed by atoms with Gasteiger partial charge in [0, 0.05) is 19.0 Å². The number of aryl methyl sites for hydroxylation is 1. The number of nitrogens with one attached hydrogen (secondary N) is 1. The molecule has 4 nitrogen and oxygen atoms in total. The molecule has 1 saturated carbocycles. The van der Waals surface area contributed by atoms with Crippen molar-refractivity contribution in [1.82, 2.24) is 10.2 Å². The smallest absolute Gasteiger partial charge is 0.245 e. The van der Waals surface area contributed by atoms with Crippen LogP contribution in [-0.4, -0.2) is 34.8 Å². The Morgan fingerprint density at radius 3 is 2.46 bits per heavy atom. The van der Waals surface area contributed by atoms with Crippen LogP contribution >= 0.6 is 0 Å². The summed E-state index contributed by atoms with van der Waals surface area (Å²) in [7, 11) is 0. The Labute approximate surface area is 157 Å². The van der Waals surface area contributed by atoms with Crippen molar-refractivity contribution in [1.29, 1.82) is 0 Å². The first kappa shape index (κ1) is 18.9. The van der Waals surface area contributed by atoms with Crippen LogP contribution in [0.25, 0.3) is 0 Å². The molecule has 0 radical (unpaired) electrons. The van der Waals surface area contributed by atoms with E-state index in [-0.39, 0.29) is 17.9 Å². The van der Waals surface area contributed by atoms with Crippen LogP contribution in [0.4, 0.5) is 0 Å². The number of amides is 2. The van der Waals surface area contributed by atoms with Crippen molar-refractivity contribution in [2.75, 3.05) is 6.54 Å². The van der Waals surface area contributed by atoms with E-state index in [1.54, 1.807) is 0 Å². The second-order valence-corrected chi connectivity index (χ2v) is 8.22. The fourth-order valence-electron chi connectivity index (χ4n) is 4.26. The van der Waals surface area contributed by atoms with Gasteiger partial charge in [-0.2, -0.15) is 0 Å². The molecular formula is C22H32N2O2. The molecule has 2 amide bonds. The average Bonchev–Trinajstić information content (AvgIpc) is 2.80. The quantitative estimate of drug-likeness (QED) is 0.817. The van der Waals surface area contributed by atoms with Crippen molar-refractivity contribution in [2.45, 2.75) is 83.2 Å². The van der Waals surface area contributed by atoms with Crippen molar-refractivity contribution < 1.29 is 9.59 Å². The Hall–Kier alpha value is -1.84. The first-order chi connectivity index (χ1) is 12.5. The Kier molecular flexibility index (Phi) is 6.00. The monoisotopic (exact) mass is 356 g/mol. The molecule has 4 heteroatoms. The number of nitrogens with zero attached hydrogens (tertiary/aromatic N) is 1. The van der Waals surface area contributed by atoms with Crippen LogP contribution in [0.1, 0.15) is 69.4 Å². The minimum atomic E-state index is -0.700. The van der Waals surface area contributed by atoms with Gasteiger partial charge in [-0.15, -0.1) is 0 Å². The molecule has 2 fully saturated rings. The van der Waals surface area contributed by atoms with Crippen LogP contribution in [0.3, 0.4) is 0 Å². The first-order valence-electron chi connectivity index (χ1n) is 10.2. The molecule has 1 N–H and O–H groups in total. The van der Waals surface area contributed by atoms with Gasteiger partial charge in [0.1, 0.15) is 5.54 Å². The van der Waals surface area contributed by atoms with E-state index in [1.165, 1.54) is 36.8 Å². The molecule has 1 atom stereocenters. The Morgan fingerprint density at radius 2 is 1.81 bits per heavy atom. The van der Waals surface area contributed by atoms with E-state index in [0.717, 1.165) is 19.3 Å². The van der Waals surface area contributed by atoms with E-state index < -0.39 is 5.54 Å². The van der Waals surface area contributed by atoms with Gasteiger partial charge >= 0.3 is 0 Å². The van der Waals surface area contributed by atoms with Gasteiger partial charge in [-0.1, -0.05) is 55.5 Å². The summed E-state index contributed by atoms with van der Waals surface area (Å²) >= 11 is 0. The van der Waals surface area contributed by atoms with E-state index in [2.05, 4.69) is 36.5 Å². The molecule has 1 heterocycles. The minimum Gasteiger partial charge on any atom is -0.351 e. The number of carbonyl (C=O) groups excluding carboxylic acids is 2. The number of benzene rings is 1. The van der Waals surface area contributed by atoms with Crippen molar-refractivity contribution in [2.24, 2.45) is 0 Å². The number of likely N-dealkylation sites (tertiary alicyclic amines) is 1. The average molecular weight is 357 g/mol. The number of hydrogen-bond donors (Lipinski definition) is 1. The fraction of sp³-hybridized carbons (Fsp3) is 0.636. The van der Waals surface area contributed by atoms with Gasteiger partial charge in [-0.05, 0) is 45.1 Å². The molecule has 26 heavy (non-hydrogen) atoms.